The summed E-state index contributed by atoms with van der Waals surface area (Å²) >= 11 is 0. The average molecular weight is 576 g/mol. The number of carbonyl (C=O) groups excluding carboxylic acids is 5. The fourth-order valence-corrected chi connectivity index (χ4v) is 3.62. The molecule has 12 nitrogen and oxygen atoms in total. The molecule has 218 valence electrons. The minimum Gasteiger partial charge on any atom is -0.478 e. The highest BCUT2D eigenvalue weighted by Gasteiger charge is 2.41. The molecule has 0 aromatic heterocycles. The molecule has 0 saturated carbocycles. The number of hydrogen-bond donors (Lipinski definition) is 4. The normalized spacial score (nSPS) is 11.8. The van der Waals surface area contributed by atoms with Crippen molar-refractivity contribution in [2.75, 3.05) is 5.32 Å². The summed E-state index contributed by atoms with van der Waals surface area (Å²) in [5.41, 5.74) is 6.08. The first kappa shape index (κ1) is 31.0. The van der Waals surface area contributed by atoms with Gasteiger partial charge >= 0.3 is 17.9 Å². The van der Waals surface area contributed by atoms with Crippen LogP contribution in [-0.4, -0.2) is 52.9 Å². The molecular formula is C30H29N3O9. The molecule has 0 unspecified atom stereocenters. The molecular weight excluding hydrogens is 546 g/mol. The topological polar surface area (TPSA) is 177 Å². The van der Waals surface area contributed by atoms with Gasteiger partial charge in [-0.15, -0.1) is 0 Å². The van der Waals surface area contributed by atoms with Crippen LogP contribution in [0.4, 0.5) is 5.69 Å². The van der Waals surface area contributed by atoms with E-state index >= 15 is 0 Å². The fraction of sp³-hybridized carbons (Fsp3) is 0.200. The molecule has 0 fully saturated rings. The summed E-state index contributed by atoms with van der Waals surface area (Å²) in [5, 5.41) is 12.5. The van der Waals surface area contributed by atoms with Gasteiger partial charge in [0, 0.05) is 17.7 Å². The molecule has 2 atom stereocenters. The SMILES string of the molecule is CCC(=O)Nc1ccc(C(=O)NNC(=O)[C@@H](OC(=O)c2cccc(C)c2)[C@@H](OC(=O)c2cccc(C)c2)C(=O)O)cc1. The van der Waals surface area contributed by atoms with Crippen LogP contribution in [0.5, 0.6) is 0 Å². The Morgan fingerprint density at radius 3 is 1.71 bits per heavy atom. The number of amides is 3. The summed E-state index contributed by atoms with van der Waals surface area (Å²) in [6.45, 7) is 5.11. The van der Waals surface area contributed by atoms with Crippen LogP contribution in [0.15, 0.2) is 72.8 Å². The first-order chi connectivity index (χ1) is 20.0. The Kier molecular flexibility index (Phi) is 10.5. The number of aryl methyl sites for hydroxylation is 2. The van der Waals surface area contributed by atoms with Crippen molar-refractivity contribution in [3.05, 3.63) is 101 Å². The van der Waals surface area contributed by atoms with Crippen LogP contribution in [0.2, 0.25) is 0 Å². The summed E-state index contributed by atoms with van der Waals surface area (Å²) in [6.07, 6.45) is -4.21. The van der Waals surface area contributed by atoms with E-state index in [1.54, 1.807) is 45.0 Å². The maximum Gasteiger partial charge on any atom is 0.349 e. The predicted octanol–water partition coefficient (Wildman–Crippen LogP) is 2.95. The minimum atomic E-state index is -2.27. The van der Waals surface area contributed by atoms with Crippen LogP contribution in [0.3, 0.4) is 0 Å². The maximum atomic E-state index is 13.1. The highest BCUT2D eigenvalue weighted by atomic mass is 16.6. The molecule has 0 saturated heterocycles. The number of esters is 2. The van der Waals surface area contributed by atoms with E-state index in [2.05, 4.69) is 10.7 Å². The summed E-state index contributed by atoms with van der Waals surface area (Å²) in [4.78, 5) is 75.1. The summed E-state index contributed by atoms with van der Waals surface area (Å²) in [7, 11) is 0. The third-order valence-electron chi connectivity index (χ3n) is 5.80. The second kappa shape index (κ2) is 14.2. The van der Waals surface area contributed by atoms with Gasteiger partial charge in [-0.25, -0.2) is 14.4 Å². The lowest BCUT2D eigenvalue weighted by atomic mass is 10.1. The summed E-state index contributed by atoms with van der Waals surface area (Å²) in [6, 6.07) is 18.0. The van der Waals surface area contributed by atoms with E-state index in [0.717, 1.165) is 0 Å². The Bertz CT molecular complexity index is 1500. The Morgan fingerprint density at radius 2 is 1.24 bits per heavy atom. The Labute approximate surface area is 241 Å². The van der Waals surface area contributed by atoms with Crippen molar-refractivity contribution in [3.63, 3.8) is 0 Å². The molecule has 0 radical (unpaired) electrons. The molecule has 42 heavy (non-hydrogen) atoms. The number of hydrazine groups is 1. The molecule has 0 spiro atoms. The first-order valence-corrected chi connectivity index (χ1v) is 12.8. The van der Waals surface area contributed by atoms with E-state index in [4.69, 9.17) is 9.47 Å². The highest BCUT2D eigenvalue weighted by molar-refractivity contribution is 5.99. The Hall–Kier alpha value is -5.52. The number of ether oxygens (including phenoxy) is 2. The zero-order valence-electron chi connectivity index (χ0n) is 23.0. The van der Waals surface area contributed by atoms with Gasteiger partial charge in [0.15, 0.2) is 0 Å². The van der Waals surface area contributed by atoms with E-state index < -0.39 is 41.9 Å². The minimum absolute atomic E-state index is 0.0114. The van der Waals surface area contributed by atoms with Crippen LogP contribution in [0.25, 0.3) is 0 Å². The lowest BCUT2D eigenvalue weighted by Crippen LogP contribution is -2.54. The van der Waals surface area contributed by atoms with Gasteiger partial charge in [-0.3, -0.25) is 25.2 Å². The monoisotopic (exact) mass is 575 g/mol. The number of aliphatic carboxylic acids is 1. The van der Waals surface area contributed by atoms with Gasteiger partial charge in [-0.05, 0) is 62.4 Å². The van der Waals surface area contributed by atoms with E-state index in [0.29, 0.717) is 16.8 Å². The summed E-state index contributed by atoms with van der Waals surface area (Å²) < 4.78 is 10.4. The standard InChI is InChI=1S/C30H29N3O9/c1-4-23(34)31-22-13-11-19(12-14-22)26(35)32-33-27(36)24(41-29(39)20-9-5-7-17(2)15-20)25(28(37)38)42-30(40)21-10-6-8-18(3)16-21/h5-16,24-25H,4H2,1-3H3,(H,31,34)(H,32,35)(H,33,36)(H,37,38)/t24-,25+/m0/s1. The van der Waals surface area contributed by atoms with Crippen molar-refractivity contribution in [1.82, 2.24) is 10.9 Å². The number of rotatable bonds is 10. The zero-order chi connectivity index (χ0) is 30.8. The number of anilines is 1. The van der Waals surface area contributed by atoms with Gasteiger partial charge in [-0.1, -0.05) is 42.3 Å². The van der Waals surface area contributed by atoms with Gasteiger partial charge in [0.1, 0.15) is 0 Å². The zero-order valence-corrected chi connectivity index (χ0v) is 23.0. The molecule has 0 heterocycles. The number of nitrogens with one attached hydrogen (secondary N) is 3. The lowest BCUT2D eigenvalue weighted by Gasteiger charge is -2.23. The molecule has 0 bridgehead atoms. The molecule has 12 heteroatoms. The van der Waals surface area contributed by atoms with E-state index in [1.165, 1.54) is 48.5 Å². The van der Waals surface area contributed by atoms with E-state index in [9.17, 15) is 33.9 Å². The van der Waals surface area contributed by atoms with E-state index in [1.807, 2.05) is 5.43 Å². The van der Waals surface area contributed by atoms with Crippen LogP contribution in [-0.2, 0) is 23.9 Å². The molecule has 3 aromatic carbocycles. The van der Waals surface area contributed by atoms with Crippen LogP contribution in [0, 0.1) is 13.8 Å². The lowest BCUT2D eigenvalue weighted by molar-refractivity contribution is -0.159. The fourth-order valence-electron chi connectivity index (χ4n) is 3.62. The molecule has 0 aliphatic carbocycles. The number of carbonyl (C=O) groups is 6. The van der Waals surface area contributed by atoms with Crippen LogP contribution >= 0.6 is 0 Å². The number of carboxylic acid groups (broad SMARTS) is 1. The van der Waals surface area contributed by atoms with Crippen molar-refractivity contribution in [2.45, 2.75) is 39.4 Å². The van der Waals surface area contributed by atoms with Crippen molar-refractivity contribution < 1.29 is 43.3 Å². The third-order valence-corrected chi connectivity index (χ3v) is 5.80. The second-order valence-corrected chi connectivity index (χ2v) is 9.15. The molecule has 3 rings (SSSR count). The van der Waals surface area contributed by atoms with Gasteiger partial charge in [-0.2, -0.15) is 0 Å². The number of hydrogen-bond acceptors (Lipinski definition) is 8. The first-order valence-electron chi connectivity index (χ1n) is 12.8. The van der Waals surface area contributed by atoms with Crippen LogP contribution < -0.4 is 16.2 Å². The number of benzene rings is 3. The van der Waals surface area contributed by atoms with Gasteiger partial charge < -0.3 is 19.9 Å². The van der Waals surface area contributed by atoms with Crippen molar-refractivity contribution in [3.8, 4) is 0 Å². The second-order valence-electron chi connectivity index (χ2n) is 9.15. The van der Waals surface area contributed by atoms with Crippen molar-refractivity contribution >= 4 is 41.3 Å². The van der Waals surface area contributed by atoms with Gasteiger partial charge in [0.2, 0.25) is 18.1 Å². The highest BCUT2D eigenvalue weighted by Crippen LogP contribution is 2.15. The summed E-state index contributed by atoms with van der Waals surface area (Å²) in [5.74, 6) is -6.21. The molecule has 3 amide bonds. The largest absolute Gasteiger partial charge is 0.478 e. The third kappa shape index (κ3) is 8.49. The van der Waals surface area contributed by atoms with Gasteiger partial charge in [0.05, 0.1) is 11.1 Å². The quantitative estimate of drug-likeness (QED) is 0.209. The van der Waals surface area contributed by atoms with Crippen molar-refractivity contribution in [1.29, 1.82) is 0 Å². The van der Waals surface area contributed by atoms with E-state index in [-0.39, 0.29) is 29.0 Å². The van der Waals surface area contributed by atoms with Gasteiger partial charge in [0.25, 0.3) is 11.8 Å². The smallest absolute Gasteiger partial charge is 0.349 e. The Morgan fingerprint density at radius 1 is 0.714 bits per heavy atom. The molecule has 4 N–H and O–H groups in total. The predicted molar refractivity (Wildman–Crippen MR) is 149 cm³/mol. The van der Waals surface area contributed by atoms with Crippen molar-refractivity contribution in [2.24, 2.45) is 0 Å². The average Bonchev–Trinajstić information content (AvgIpc) is 2.97. The molecule has 0 aliphatic heterocycles. The number of carboxylic acids is 1. The Balaban J connectivity index is 1.81. The molecule has 3 aromatic rings. The molecule has 0 aliphatic rings. The maximum absolute atomic E-state index is 13.1. The van der Waals surface area contributed by atoms with Crippen LogP contribution in [0.1, 0.15) is 55.5 Å².